The van der Waals surface area contributed by atoms with Gasteiger partial charge in [0.15, 0.2) is 6.23 Å². The SMILES string of the molecule is CO[C@]1(NC(=O)[C@H](C(=O)[O-])c2ccc(O)cc2)C(=O)N2C(C(=O)[O-])=C(CSc3nnnn3C)CO[C@H]21.[Na+].[Na+]. The number of hydrogen-bond acceptors (Lipinski definition) is 13. The molecule has 2 N–H and O–H groups in total. The topological polar surface area (TPSA) is 212 Å². The fraction of sp³-hybridized carbons (Fsp3) is 0.350. The van der Waals surface area contributed by atoms with Crippen molar-refractivity contribution in [3.8, 4) is 5.75 Å². The number of carboxylic acid groups (broad SMARTS) is 2. The van der Waals surface area contributed by atoms with Crippen LogP contribution in [0.25, 0.3) is 0 Å². The molecule has 2 aromatic rings. The van der Waals surface area contributed by atoms with Crippen molar-refractivity contribution in [1.82, 2.24) is 30.4 Å². The molecule has 1 aromatic carbocycles. The normalized spacial score (nSPS) is 20.8. The molecule has 2 aliphatic rings. The number of nitrogens with one attached hydrogen (secondary N) is 1. The molecular weight excluding hydrogens is 546 g/mol. The van der Waals surface area contributed by atoms with Crippen LogP contribution in [0.4, 0.5) is 0 Å². The molecule has 1 aromatic heterocycles. The smallest absolute Gasteiger partial charge is 0.549 e. The Kier molecular flexibility index (Phi) is 10.9. The van der Waals surface area contributed by atoms with Gasteiger partial charge in [0.1, 0.15) is 11.7 Å². The predicted molar refractivity (Wildman–Crippen MR) is 112 cm³/mol. The third-order valence-corrected chi connectivity index (χ3v) is 6.71. The van der Waals surface area contributed by atoms with E-state index in [1.165, 1.54) is 28.9 Å². The largest absolute Gasteiger partial charge is 1.00 e. The maximum atomic E-state index is 13.1. The number of phenolic OH excluding ortho intramolecular Hbond substituents is 1. The number of tetrazole rings is 1. The number of ether oxygens (including phenoxy) is 2. The number of aromatic nitrogens is 4. The number of rotatable bonds is 9. The maximum absolute atomic E-state index is 13.1. The summed E-state index contributed by atoms with van der Waals surface area (Å²) >= 11 is 1.10. The molecule has 4 rings (SSSR count). The summed E-state index contributed by atoms with van der Waals surface area (Å²) in [6, 6.07) is 4.76. The van der Waals surface area contributed by atoms with Gasteiger partial charge < -0.3 is 39.7 Å². The second-order valence-electron chi connectivity index (χ2n) is 7.72. The van der Waals surface area contributed by atoms with E-state index in [1.807, 2.05) is 0 Å². The molecular formula is C20H18N6Na2O9S. The summed E-state index contributed by atoms with van der Waals surface area (Å²) in [6.07, 6.45) is -1.42. The van der Waals surface area contributed by atoms with Crippen molar-refractivity contribution in [3.05, 3.63) is 41.1 Å². The minimum Gasteiger partial charge on any atom is -0.549 e. The van der Waals surface area contributed by atoms with Crippen molar-refractivity contribution in [1.29, 1.82) is 0 Å². The molecule has 3 heterocycles. The Balaban J connectivity index is 0.00000253. The van der Waals surface area contributed by atoms with Gasteiger partial charge in [-0.05, 0) is 33.7 Å². The first-order chi connectivity index (χ1) is 17.1. The van der Waals surface area contributed by atoms with Crippen LogP contribution in [0, 0.1) is 0 Å². The monoisotopic (exact) mass is 564 g/mol. The van der Waals surface area contributed by atoms with Gasteiger partial charge in [0, 0.05) is 19.9 Å². The molecule has 0 spiro atoms. The van der Waals surface area contributed by atoms with E-state index < -0.39 is 47.3 Å². The Bertz CT molecular complexity index is 1270. The molecule has 38 heavy (non-hydrogen) atoms. The molecule has 190 valence electrons. The van der Waals surface area contributed by atoms with E-state index in [2.05, 4.69) is 20.8 Å². The number of aliphatic carboxylic acids is 2. The molecule has 18 heteroatoms. The Hall–Kier alpha value is -2.02. The van der Waals surface area contributed by atoms with Crippen LogP contribution in [0.1, 0.15) is 11.5 Å². The summed E-state index contributed by atoms with van der Waals surface area (Å²) in [4.78, 5) is 50.5. The maximum Gasteiger partial charge on any atom is 1.00 e. The standard InChI is InChI=1S/C20H20N6O9S.2Na/c1-25-19(22-23-24-25)36-8-10-7-35-18-20(34-2,17(33)26(18)13(10)16(31)32)21-14(28)12(15(29)30)9-3-5-11(27)6-4-9;;/h3-6,12,18,27H,7-8H2,1-2H3,(H,21,28)(H,29,30)(H,31,32);;/q;2*+1/p-2/t12-,18+,20-;;/m1../s1. The van der Waals surface area contributed by atoms with Crippen LogP contribution in [0.2, 0.25) is 0 Å². The quantitative estimate of drug-likeness (QED) is 0.0953. The number of aromatic hydroxyl groups is 1. The first-order valence-corrected chi connectivity index (χ1v) is 11.2. The third-order valence-electron chi connectivity index (χ3n) is 5.62. The molecule has 0 unspecified atom stereocenters. The molecule has 0 aliphatic carbocycles. The van der Waals surface area contributed by atoms with Gasteiger partial charge in [0.05, 0.1) is 24.2 Å². The number of carboxylic acids is 2. The number of hydrogen-bond donors (Lipinski definition) is 2. The number of fused-ring (bicyclic) bond motifs is 1. The van der Waals surface area contributed by atoms with E-state index >= 15 is 0 Å². The van der Waals surface area contributed by atoms with E-state index in [9.17, 15) is 34.5 Å². The number of benzene rings is 1. The minimum absolute atomic E-state index is 0. The Morgan fingerprint density at radius 2 is 1.95 bits per heavy atom. The van der Waals surface area contributed by atoms with Crippen molar-refractivity contribution in [2.24, 2.45) is 7.05 Å². The van der Waals surface area contributed by atoms with E-state index in [4.69, 9.17) is 9.47 Å². The van der Waals surface area contributed by atoms with Gasteiger partial charge in [0.25, 0.3) is 11.6 Å². The third kappa shape index (κ3) is 5.78. The molecule has 1 saturated heterocycles. The summed E-state index contributed by atoms with van der Waals surface area (Å²) in [7, 11) is 2.67. The summed E-state index contributed by atoms with van der Waals surface area (Å²) in [6.45, 7) is -0.265. The zero-order valence-electron chi connectivity index (χ0n) is 20.7. The molecule has 2 aliphatic heterocycles. The zero-order valence-corrected chi connectivity index (χ0v) is 25.6. The van der Waals surface area contributed by atoms with Crippen LogP contribution in [0.3, 0.4) is 0 Å². The van der Waals surface area contributed by atoms with Crippen LogP contribution in [0.15, 0.2) is 40.7 Å². The van der Waals surface area contributed by atoms with Gasteiger partial charge in [-0.1, -0.05) is 23.9 Å². The molecule has 2 amide bonds. The fourth-order valence-corrected chi connectivity index (χ4v) is 4.70. The van der Waals surface area contributed by atoms with Gasteiger partial charge in [-0.25, -0.2) is 4.68 Å². The number of thioether (sulfide) groups is 1. The second kappa shape index (κ2) is 12.9. The fourth-order valence-electron chi connectivity index (χ4n) is 3.85. The van der Waals surface area contributed by atoms with Crippen LogP contribution in [-0.4, -0.2) is 85.4 Å². The van der Waals surface area contributed by atoms with Gasteiger partial charge in [-0.15, -0.1) is 5.10 Å². The first-order valence-electron chi connectivity index (χ1n) is 10.2. The minimum atomic E-state index is -2.20. The van der Waals surface area contributed by atoms with Crippen LogP contribution in [-0.2, 0) is 35.7 Å². The molecule has 1 fully saturated rings. The van der Waals surface area contributed by atoms with Crippen molar-refractivity contribution in [3.63, 3.8) is 0 Å². The number of amides is 2. The predicted octanol–water partition coefficient (Wildman–Crippen LogP) is -9.79. The Morgan fingerprint density at radius 3 is 2.47 bits per heavy atom. The number of nitrogens with zero attached hydrogens (tertiary/aromatic N) is 5. The average molecular weight is 564 g/mol. The molecule has 0 bridgehead atoms. The second-order valence-corrected chi connectivity index (χ2v) is 8.67. The van der Waals surface area contributed by atoms with E-state index in [0.29, 0.717) is 5.16 Å². The zero-order chi connectivity index (χ0) is 26.2. The summed E-state index contributed by atoms with van der Waals surface area (Å²) < 4.78 is 12.3. The van der Waals surface area contributed by atoms with Crippen LogP contribution in [0.5, 0.6) is 5.75 Å². The summed E-state index contributed by atoms with van der Waals surface area (Å²) in [5.74, 6) is -7.58. The van der Waals surface area contributed by atoms with E-state index in [1.54, 1.807) is 7.05 Å². The van der Waals surface area contributed by atoms with Crippen LogP contribution >= 0.6 is 11.8 Å². The van der Waals surface area contributed by atoms with Crippen molar-refractivity contribution < 1.29 is 103 Å². The van der Waals surface area contributed by atoms with Crippen molar-refractivity contribution >= 4 is 35.5 Å². The molecule has 15 nitrogen and oxygen atoms in total. The molecule has 0 radical (unpaired) electrons. The summed E-state index contributed by atoms with van der Waals surface area (Å²) in [5, 5.41) is 46.7. The van der Waals surface area contributed by atoms with Gasteiger partial charge in [-0.3, -0.25) is 14.5 Å². The molecule has 0 saturated carbocycles. The Morgan fingerprint density at radius 1 is 1.29 bits per heavy atom. The van der Waals surface area contributed by atoms with Crippen LogP contribution < -0.4 is 74.6 Å². The van der Waals surface area contributed by atoms with Gasteiger partial charge >= 0.3 is 59.1 Å². The number of carbonyl (C=O) groups excluding carboxylic acids is 4. The molecule has 3 atom stereocenters. The number of phenols is 1. The van der Waals surface area contributed by atoms with Gasteiger partial charge in [-0.2, -0.15) is 0 Å². The van der Waals surface area contributed by atoms with Crippen molar-refractivity contribution in [2.75, 3.05) is 19.5 Å². The number of methoxy groups -OCH3 is 1. The number of carbonyl (C=O) groups is 4. The number of aryl methyl sites for hydroxylation is 1. The first kappa shape index (κ1) is 32.2. The number of β-lactam (4-membered cyclic amide) rings is 1. The van der Waals surface area contributed by atoms with Crippen molar-refractivity contribution in [2.45, 2.75) is 23.0 Å². The van der Waals surface area contributed by atoms with E-state index in [-0.39, 0.29) is 88.4 Å². The average Bonchev–Trinajstić information content (AvgIpc) is 3.25. The summed E-state index contributed by atoms with van der Waals surface area (Å²) in [5.41, 5.74) is -2.50. The van der Waals surface area contributed by atoms with E-state index in [0.717, 1.165) is 23.8 Å². The Labute approximate surface area is 263 Å². The van der Waals surface area contributed by atoms with Gasteiger partial charge in [0.2, 0.25) is 11.1 Å².